The monoisotopic (exact) mass is 474 g/mol. The molecule has 1 amide bonds. The van der Waals surface area contributed by atoms with E-state index in [-0.39, 0.29) is 33.3 Å². The number of nitrogens with one attached hydrogen (secondary N) is 2. The molecule has 0 bridgehead atoms. The van der Waals surface area contributed by atoms with Crippen molar-refractivity contribution < 1.29 is 14.2 Å². The second-order valence-corrected chi connectivity index (χ2v) is 11.7. The Kier molecular flexibility index (Phi) is 5.68. The van der Waals surface area contributed by atoms with Crippen molar-refractivity contribution in [2.75, 3.05) is 18.4 Å². The summed E-state index contributed by atoms with van der Waals surface area (Å²) in [4.78, 5) is 32.6. The number of hydrogen-bond donors (Lipinski definition) is 2. The predicted molar refractivity (Wildman–Crippen MR) is 139 cm³/mol. The lowest BCUT2D eigenvalue weighted by atomic mass is 9.67. The van der Waals surface area contributed by atoms with Crippen LogP contribution in [0.5, 0.6) is 0 Å². The zero-order valence-electron chi connectivity index (χ0n) is 21.4. The Labute approximate surface area is 207 Å². The summed E-state index contributed by atoms with van der Waals surface area (Å²) in [6, 6.07) is 9.36. The maximum Gasteiger partial charge on any atom is 0.377 e. The number of benzene rings is 1. The molecule has 3 aliphatic rings. The van der Waals surface area contributed by atoms with Crippen LogP contribution < -0.4 is 10.6 Å². The van der Waals surface area contributed by atoms with Crippen molar-refractivity contribution in [3.05, 3.63) is 47.2 Å². The lowest BCUT2D eigenvalue weighted by Gasteiger charge is -2.41. The summed E-state index contributed by atoms with van der Waals surface area (Å²) < 4.78 is -0.284. The van der Waals surface area contributed by atoms with Gasteiger partial charge in [-0.05, 0) is 96.7 Å². The number of hydrogen-bond acceptors (Lipinski definition) is 6. The summed E-state index contributed by atoms with van der Waals surface area (Å²) in [6.07, 6.45) is 5.09. The number of allylic oxidation sites excluding steroid dienone is 2. The largest absolute Gasteiger partial charge is 0.377 e. The number of aromatic nitrogens is 1. The van der Waals surface area contributed by atoms with Gasteiger partial charge in [0.15, 0.2) is 0 Å². The van der Waals surface area contributed by atoms with Crippen LogP contribution in [-0.2, 0) is 4.79 Å². The molecular weight excluding hydrogens is 438 g/mol. The highest BCUT2D eigenvalue weighted by molar-refractivity contribution is 6.06. The molecule has 5 rings (SSSR count). The normalized spacial score (nSPS) is 23.9. The SMILES string of the molecule is CC(C)[N+]1(C(=O)c2ccc3ccc(NC(C)(C)C)nc3c2)N=CC2=C1C(=O)CC1(CCNCC1)C2. The quantitative estimate of drug-likeness (QED) is 0.625. The van der Waals surface area contributed by atoms with Gasteiger partial charge in [0.05, 0.1) is 17.3 Å². The van der Waals surface area contributed by atoms with E-state index >= 15 is 0 Å². The van der Waals surface area contributed by atoms with Gasteiger partial charge >= 0.3 is 5.91 Å². The smallest absolute Gasteiger partial charge is 0.365 e. The standard InChI is InChI=1S/C28H36N5O2/c1-18(2)33(25-21(17-30-33)15-28(16-23(25)34)10-12-29-13-11-28)26(35)20-7-6-19-8-9-24(31-22(19)14-20)32-27(3,4)5/h6-9,14,17-18,29H,10-13,15-16H2,1-5H3,(H,31,32)/q+1. The van der Waals surface area contributed by atoms with Crippen LogP contribution in [-0.4, -0.2) is 52.2 Å². The van der Waals surface area contributed by atoms with E-state index in [0.717, 1.165) is 54.6 Å². The molecule has 2 aliphatic heterocycles. The van der Waals surface area contributed by atoms with Gasteiger partial charge < -0.3 is 10.6 Å². The molecule has 3 heterocycles. The van der Waals surface area contributed by atoms with E-state index in [4.69, 9.17) is 10.1 Å². The number of pyridine rings is 1. The minimum absolute atomic E-state index is 0.00343. The fourth-order valence-electron chi connectivity index (χ4n) is 5.88. The van der Waals surface area contributed by atoms with Crippen LogP contribution in [0.4, 0.5) is 5.82 Å². The first-order valence-electron chi connectivity index (χ1n) is 12.7. The highest BCUT2D eigenvalue weighted by atomic mass is 16.2. The molecule has 1 aromatic heterocycles. The van der Waals surface area contributed by atoms with E-state index in [0.29, 0.717) is 17.7 Å². The number of piperidine rings is 1. The van der Waals surface area contributed by atoms with Gasteiger partial charge in [-0.15, -0.1) is 0 Å². The highest BCUT2D eigenvalue weighted by Crippen LogP contribution is 2.48. The molecule has 0 saturated carbocycles. The fourth-order valence-corrected chi connectivity index (χ4v) is 5.88. The minimum Gasteiger partial charge on any atom is -0.365 e. The summed E-state index contributed by atoms with van der Waals surface area (Å²) >= 11 is 0. The van der Waals surface area contributed by atoms with Gasteiger partial charge in [0.1, 0.15) is 11.9 Å². The van der Waals surface area contributed by atoms with Crippen LogP contribution in [0.3, 0.4) is 0 Å². The highest BCUT2D eigenvalue weighted by Gasteiger charge is 2.57. The van der Waals surface area contributed by atoms with E-state index in [1.807, 2.05) is 44.2 Å². The number of nitrogens with zero attached hydrogens (tertiary/aromatic N) is 3. The Bertz CT molecular complexity index is 1260. The molecule has 1 aliphatic carbocycles. The summed E-state index contributed by atoms with van der Waals surface area (Å²) in [5.74, 6) is 0.665. The van der Waals surface area contributed by atoms with Crippen molar-refractivity contribution in [3.8, 4) is 0 Å². The van der Waals surface area contributed by atoms with Crippen molar-refractivity contribution >= 4 is 34.6 Å². The number of anilines is 1. The Morgan fingerprint density at radius 3 is 2.51 bits per heavy atom. The maximum absolute atomic E-state index is 14.2. The van der Waals surface area contributed by atoms with E-state index in [1.54, 1.807) is 6.21 Å². The van der Waals surface area contributed by atoms with Gasteiger partial charge in [0.2, 0.25) is 11.5 Å². The van der Waals surface area contributed by atoms with Crippen molar-refractivity contribution in [1.29, 1.82) is 0 Å². The van der Waals surface area contributed by atoms with Crippen LogP contribution in [0.15, 0.2) is 46.7 Å². The molecule has 1 unspecified atom stereocenters. The van der Waals surface area contributed by atoms with Crippen molar-refractivity contribution in [1.82, 2.24) is 10.3 Å². The third kappa shape index (κ3) is 4.10. The van der Waals surface area contributed by atoms with Gasteiger partial charge in [0.25, 0.3) is 0 Å². The number of carbonyl (C=O) groups is 2. The topological polar surface area (TPSA) is 83.5 Å². The van der Waals surface area contributed by atoms with E-state index in [2.05, 4.69) is 31.4 Å². The van der Waals surface area contributed by atoms with Gasteiger partial charge in [0, 0.05) is 22.9 Å². The zero-order chi connectivity index (χ0) is 25.0. The van der Waals surface area contributed by atoms with Gasteiger partial charge in [-0.25, -0.2) is 9.78 Å². The molecule has 2 aromatic rings. The first kappa shape index (κ1) is 23.8. The van der Waals surface area contributed by atoms with Crippen LogP contribution in [0.25, 0.3) is 10.9 Å². The molecular formula is C28H36N5O2+. The molecule has 184 valence electrons. The third-order valence-corrected chi connectivity index (χ3v) is 7.57. The number of fused-ring (bicyclic) bond motifs is 1. The van der Waals surface area contributed by atoms with Gasteiger partial charge in [-0.1, -0.05) is 15.8 Å². The predicted octanol–water partition coefficient (Wildman–Crippen LogP) is 4.80. The number of ketones is 1. The summed E-state index contributed by atoms with van der Waals surface area (Å²) in [6.45, 7) is 12.1. The fraction of sp³-hybridized carbons (Fsp3) is 0.500. The van der Waals surface area contributed by atoms with Crippen LogP contribution in [0.2, 0.25) is 0 Å². The van der Waals surface area contributed by atoms with Crippen molar-refractivity contribution in [3.63, 3.8) is 0 Å². The maximum atomic E-state index is 14.2. The molecule has 1 saturated heterocycles. The lowest BCUT2D eigenvalue weighted by Crippen LogP contribution is -2.54. The van der Waals surface area contributed by atoms with Crippen LogP contribution >= 0.6 is 0 Å². The zero-order valence-corrected chi connectivity index (χ0v) is 21.4. The Hall–Kier alpha value is -2.90. The van der Waals surface area contributed by atoms with Gasteiger partial charge in [-0.3, -0.25) is 4.79 Å². The molecule has 1 atom stereocenters. The van der Waals surface area contributed by atoms with Crippen molar-refractivity contribution in [2.45, 2.75) is 71.9 Å². The molecule has 0 radical (unpaired) electrons. The third-order valence-electron chi connectivity index (χ3n) is 7.57. The Balaban J connectivity index is 1.54. The summed E-state index contributed by atoms with van der Waals surface area (Å²) in [5.41, 5.74) is 2.66. The second kappa shape index (κ2) is 8.35. The number of Topliss-reactive ketones (excluding diaryl/α,β-unsaturated/α-hetero) is 1. The van der Waals surface area contributed by atoms with E-state index in [9.17, 15) is 9.59 Å². The molecule has 7 heteroatoms. The number of quaternary nitrogens is 1. The van der Waals surface area contributed by atoms with Gasteiger partial charge in [-0.2, -0.15) is 0 Å². The van der Waals surface area contributed by atoms with Crippen LogP contribution in [0.1, 0.15) is 70.7 Å². The summed E-state index contributed by atoms with van der Waals surface area (Å²) in [7, 11) is 0. The van der Waals surface area contributed by atoms with Crippen molar-refractivity contribution in [2.24, 2.45) is 10.5 Å². The molecule has 2 N–H and O–H groups in total. The summed E-state index contributed by atoms with van der Waals surface area (Å²) in [5, 5.41) is 12.5. The van der Waals surface area contributed by atoms with E-state index < -0.39 is 0 Å². The first-order chi connectivity index (χ1) is 16.5. The average molecular weight is 475 g/mol. The number of rotatable bonds is 3. The average Bonchev–Trinajstić information content (AvgIpc) is 3.18. The Morgan fingerprint density at radius 2 is 1.83 bits per heavy atom. The molecule has 1 spiro atoms. The van der Waals surface area contributed by atoms with Crippen LogP contribution in [0, 0.1) is 5.41 Å². The molecule has 1 aromatic carbocycles. The number of carbonyl (C=O) groups excluding carboxylic acids is 2. The second-order valence-electron chi connectivity index (χ2n) is 11.7. The number of amides is 1. The Morgan fingerprint density at radius 1 is 1.11 bits per heavy atom. The minimum atomic E-state index is -0.284. The lowest BCUT2D eigenvalue weighted by molar-refractivity contribution is -0.833. The molecule has 7 nitrogen and oxygen atoms in total. The van der Waals surface area contributed by atoms with E-state index in [1.165, 1.54) is 0 Å². The molecule has 35 heavy (non-hydrogen) atoms. The first-order valence-corrected chi connectivity index (χ1v) is 12.7. The molecule has 1 fully saturated rings.